The largest absolute Gasteiger partial charge is 0.530 e. The molecular formula is C36H49O6P. The maximum absolute atomic E-state index is 13.6. The van der Waals surface area contributed by atoms with Crippen LogP contribution >= 0.6 is 7.82 Å². The summed E-state index contributed by atoms with van der Waals surface area (Å²) >= 11 is 0. The van der Waals surface area contributed by atoms with Gasteiger partial charge in [-0.05, 0) is 29.7 Å². The van der Waals surface area contributed by atoms with E-state index in [0.29, 0.717) is 12.2 Å². The van der Waals surface area contributed by atoms with Crippen LogP contribution in [0.25, 0.3) is 0 Å². The average molecular weight is 609 g/mol. The van der Waals surface area contributed by atoms with Crippen molar-refractivity contribution in [2.45, 2.75) is 110 Å². The molecule has 0 spiro atoms. The molecule has 3 rings (SSSR count). The first-order chi connectivity index (χ1) is 21.1. The molecule has 0 aromatic heterocycles. The second-order valence-corrected chi connectivity index (χ2v) is 12.6. The van der Waals surface area contributed by atoms with Crippen molar-refractivity contribution in [1.82, 2.24) is 0 Å². The molecule has 0 heterocycles. The molecule has 7 heteroatoms. The number of rotatable bonds is 23. The molecule has 0 amide bonds. The van der Waals surface area contributed by atoms with Crippen LogP contribution in [0.5, 0.6) is 11.5 Å². The Morgan fingerprint density at radius 2 is 1.05 bits per heavy atom. The van der Waals surface area contributed by atoms with E-state index in [1.165, 1.54) is 70.3 Å². The number of esters is 1. The summed E-state index contributed by atoms with van der Waals surface area (Å²) in [5.74, 6) is 0.273. The molecule has 43 heavy (non-hydrogen) atoms. The molecule has 0 aliphatic rings. The molecule has 0 N–H and O–H groups in total. The van der Waals surface area contributed by atoms with Crippen LogP contribution in [-0.2, 0) is 31.6 Å². The van der Waals surface area contributed by atoms with Crippen LogP contribution in [0.15, 0.2) is 84.9 Å². The highest BCUT2D eigenvalue weighted by Crippen LogP contribution is 2.51. The minimum atomic E-state index is -4.01. The van der Waals surface area contributed by atoms with Gasteiger partial charge in [-0.2, -0.15) is 0 Å². The highest BCUT2D eigenvalue weighted by Gasteiger charge is 2.29. The fourth-order valence-corrected chi connectivity index (χ4v) is 5.90. The van der Waals surface area contributed by atoms with E-state index in [4.69, 9.17) is 18.3 Å². The van der Waals surface area contributed by atoms with Gasteiger partial charge in [0.2, 0.25) is 0 Å². The third-order valence-electron chi connectivity index (χ3n) is 7.20. The number of hydrogen-bond acceptors (Lipinski definition) is 6. The SMILES string of the molecule is CCCCCCCCCCCCCCCC(=O)Oc1cccc(OP(=O)(OCc2ccccc2)OCc2ccccc2)c1. The molecule has 0 saturated carbocycles. The van der Waals surface area contributed by atoms with E-state index < -0.39 is 7.82 Å². The topological polar surface area (TPSA) is 71.1 Å². The van der Waals surface area contributed by atoms with E-state index in [-0.39, 0.29) is 24.9 Å². The minimum Gasteiger partial charge on any atom is -0.426 e. The lowest BCUT2D eigenvalue weighted by Crippen LogP contribution is -2.08. The zero-order chi connectivity index (χ0) is 30.4. The number of carbonyl (C=O) groups is 1. The van der Waals surface area contributed by atoms with Gasteiger partial charge in [-0.3, -0.25) is 13.8 Å². The Kier molecular flexibility index (Phi) is 16.8. The molecule has 0 aliphatic carbocycles. The highest BCUT2D eigenvalue weighted by atomic mass is 31.2. The van der Waals surface area contributed by atoms with Crippen molar-refractivity contribution in [1.29, 1.82) is 0 Å². The van der Waals surface area contributed by atoms with Gasteiger partial charge in [-0.15, -0.1) is 0 Å². The quantitative estimate of drug-likeness (QED) is 0.0462. The molecule has 0 radical (unpaired) electrons. The molecule has 0 atom stereocenters. The molecular weight excluding hydrogens is 559 g/mol. The second kappa shape index (κ2) is 20.9. The monoisotopic (exact) mass is 608 g/mol. The van der Waals surface area contributed by atoms with Crippen LogP contribution in [0.4, 0.5) is 0 Å². The number of unbranched alkanes of at least 4 members (excludes halogenated alkanes) is 12. The summed E-state index contributed by atoms with van der Waals surface area (Å²) in [5, 5.41) is 0. The van der Waals surface area contributed by atoms with Gasteiger partial charge in [0.1, 0.15) is 11.5 Å². The van der Waals surface area contributed by atoms with Gasteiger partial charge in [-0.1, -0.05) is 151 Å². The zero-order valence-corrected chi connectivity index (χ0v) is 26.7. The van der Waals surface area contributed by atoms with Crippen LogP contribution in [-0.4, -0.2) is 5.97 Å². The first-order valence-electron chi connectivity index (χ1n) is 16.0. The Hall–Kier alpha value is -2.92. The van der Waals surface area contributed by atoms with E-state index >= 15 is 0 Å². The van der Waals surface area contributed by atoms with Gasteiger partial charge in [0.05, 0.1) is 13.2 Å². The van der Waals surface area contributed by atoms with E-state index in [0.717, 1.165) is 30.4 Å². The summed E-state index contributed by atoms with van der Waals surface area (Å²) < 4.78 is 36.3. The molecule has 0 saturated heterocycles. The number of phosphoric ester groups is 1. The van der Waals surface area contributed by atoms with Crippen molar-refractivity contribution in [2.24, 2.45) is 0 Å². The standard InChI is InChI=1S/C36H49O6P/c1-2-3-4-5-6-7-8-9-10-11-12-13-20-28-36(37)41-34-26-21-27-35(29-34)42-43(38,39-30-32-22-16-14-17-23-32)40-31-33-24-18-15-19-25-33/h14-19,21-27,29H,2-13,20,28,30-31H2,1H3. The van der Waals surface area contributed by atoms with E-state index in [1.54, 1.807) is 18.2 Å². The number of benzene rings is 3. The van der Waals surface area contributed by atoms with Crippen LogP contribution < -0.4 is 9.26 Å². The fraction of sp³-hybridized carbons (Fsp3) is 0.472. The first-order valence-corrected chi connectivity index (χ1v) is 17.5. The smallest absolute Gasteiger partial charge is 0.426 e. The van der Waals surface area contributed by atoms with Crippen molar-refractivity contribution in [3.8, 4) is 11.5 Å². The van der Waals surface area contributed by atoms with Crippen molar-refractivity contribution in [3.63, 3.8) is 0 Å². The Bertz CT molecular complexity index is 1150. The molecule has 0 bridgehead atoms. The molecule has 3 aromatic rings. The normalized spacial score (nSPS) is 11.4. The van der Waals surface area contributed by atoms with E-state index in [9.17, 15) is 9.36 Å². The molecule has 6 nitrogen and oxygen atoms in total. The number of phosphoric acid groups is 1. The van der Waals surface area contributed by atoms with Gasteiger partial charge in [0.25, 0.3) is 0 Å². The maximum Gasteiger partial charge on any atom is 0.530 e. The van der Waals surface area contributed by atoms with E-state index in [2.05, 4.69) is 6.92 Å². The van der Waals surface area contributed by atoms with Gasteiger partial charge in [0, 0.05) is 12.5 Å². The zero-order valence-electron chi connectivity index (χ0n) is 25.8. The Labute approximate surface area is 258 Å². The van der Waals surface area contributed by atoms with Crippen LogP contribution in [0, 0.1) is 0 Å². The van der Waals surface area contributed by atoms with Crippen LogP contribution in [0.3, 0.4) is 0 Å². The van der Waals surface area contributed by atoms with Crippen molar-refractivity contribution < 1.29 is 27.7 Å². The maximum atomic E-state index is 13.6. The summed E-state index contributed by atoms with van der Waals surface area (Å²) in [4.78, 5) is 12.5. The Balaban J connectivity index is 1.39. The summed E-state index contributed by atoms with van der Waals surface area (Å²) in [6.07, 6.45) is 16.7. The molecule has 0 unspecified atom stereocenters. The van der Waals surface area contributed by atoms with E-state index in [1.807, 2.05) is 60.7 Å². The summed E-state index contributed by atoms with van der Waals surface area (Å²) in [7, 11) is -4.01. The highest BCUT2D eigenvalue weighted by molar-refractivity contribution is 7.48. The van der Waals surface area contributed by atoms with Gasteiger partial charge < -0.3 is 9.26 Å². The molecule has 0 fully saturated rings. The van der Waals surface area contributed by atoms with Gasteiger partial charge in [-0.25, -0.2) is 4.57 Å². The number of hydrogen-bond donors (Lipinski definition) is 0. The van der Waals surface area contributed by atoms with Crippen molar-refractivity contribution >= 4 is 13.8 Å². The fourth-order valence-electron chi connectivity index (χ4n) is 4.74. The Morgan fingerprint density at radius 3 is 1.56 bits per heavy atom. The van der Waals surface area contributed by atoms with Crippen LogP contribution in [0.1, 0.15) is 108 Å². The second-order valence-electron chi connectivity index (χ2n) is 11.0. The van der Waals surface area contributed by atoms with Gasteiger partial charge >= 0.3 is 13.8 Å². The lowest BCUT2D eigenvalue weighted by atomic mass is 10.0. The summed E-state index contributed by atoms with van der Waals surface area (Å²) in [6, 6.07) is 25.3. The first kappa shape index (κ1) is 34.6. The lowest BCUT2D eigenvalue weighted by molar-refractivity contribution is -0.134. The van der Waals surface area contributed by atoms with Crippen molar-refractivity contribution in [2.75, 3.05) is 0 Å². The minimum absolute atomic E-state index is 0.0563. The predicted molar refractivity (Wildman–Crippen MR) is 173 cm³/mol. The third-order valence-corrected chi connectivity index (χ3v) is 8.53. The molecule has 0 aliphatic heterocycles. The summed E-state index contributed by atoms with van der Waals surface area (Å²) in [5.41, 5.74) is 1.68. The summed E-state index contributed by atoms with van der Waals surface area (Å²) in [6.45, 7) is 2.37. The Morgan fingerprint density at radius 1 is 0.581 bits per heavy atom. The third kappa shape index (κ3) is 15.4. The average Bonchev–Trinajstić information content (AvgIpc) is 3.02. The molecule has 3 aromatic carbocycles. The predicted octanol–water partition coefficient (Wildman–Crippen LogP) is 11.0. The number of carbonyl (C=O) groups excluding carboxylic acids is 1. The van der Waals surface area contributed by atoms with Crippen molar-refractivity contribution in [3.05, 3.63) is 96.1 Å². The van der Waals surface area contributed by atoms with Gasteiger partial charge in [0.15, 0.2) is 0 Å². The molecule has 234 valence electrons. The van der Waals surface area contributed by atoms with Crippen LogP contribution in [0.2, 0.25) is 0 Å². The number of ether oxygens (including phenoxy) is 1. The lowest BCUT2D eigenvalue weighted by Gasteiger charge is -2.19.